The Hall–Kier alpha value is -3.78. The summed E-state index contributed by atoms with van der Waals surface area (Å²) in [6.07, 6.45) is 2.33. The Labute approximate surface area is 214 Å². The largest absolute Gasteiger partial charge is 0.488 e. The minimum absolute atomic E-state index is 0.0263. The molecule has 6 heteroatoms. The first-order chi connectivity index (χ1) is 17.0. The van der Waals surface area contributed by atoms with E-state index in [0.717, 1.165) is 28.3 Å². The topological polar surface area (TPSA) is 62.1 Å². The number of nitrogens with one attached hydrogen (secondary N) is 1. The number of hydrogen-bond donors (Lipinski definition) is 1. The predicted octanol–water partition coefficient (Wildman–Crippen LogP) is 7.83. The molecule has 0 radical (unpaired) electrons. The van der Waals surface area contributed by atoms with Crippen LogP contribution in [0.2, 0.25) is 10.0 Å². The van der Waals surface area contributed by atoms with Gasteiger partial charge in [0, 0.05) is 26.9 Å². The zero-order valence-corrected chi connectivity index (χ0v) is 20.5. The van der Waals surface area contributed by atoms with Crippen molar-refractivity contribution < 1.29 is 9.53 Å². The minimum Gasteiger partial charge on any atom is -0.488 e. The third-order valence-electron chi connectivity index (χ3n) is 5.63. The highest BCUT2D eigenvalue weighted by Crippen LogP contribution is 2.32. The third-order valence-corrected chi connectivity index (χ3v) is 6.22. The van der Waals surface area contributed by atoms with E-state index in [9.17, 15) is 10.1 Å². The zero-order chi connectivity index (χ0) is 24.8. The molecule has 35 heavy (non-hydrogen) atoms. The zero-order valence-electron chi connectivity index (χ0n) is 19.0. The summed E-state index contributed by atoms with van der Waals surface area (Å²) < 4.78 is 6.12. The summed E-state index contributed by atoms with van der Waals surface area (Å²) in [7, 11) is 0. The molecule has 4 nitrogen and oxygen atoms in total. The van der Waals surface area contributed by atoms with Crippen molar-refractivity contribution in [2.75, 3.05) is 5.32 Å². The van der Waals surface area contributed by atoms with E-state index in [1.54, 1.807) is 24.3 Å². The summed E-state index contributed by atoms with van der Waals surface area (Å²) in [6.45, 7) is 2.21. The van der Waals surface area contributed by atoms with Gasteiger partial charge in [-0.2, -0.15) is 5.26 Å². The monoisotopic (exact) mass is 500 g/mol. The van der Waals surface area contributed by atoms with Crippen LogP contribution in [0.5, 0.6) is 5.75 Å². The molecule has 0 aliphatic heterocycles. The van der Waals surface area contributed by atoms with Gasteiger partial charge >= 0.3 is 0 Å². The van der Waals surface area contributed by atoms with Gasteiger partial charge < -0.3 is 10.1 Å². The molecule has 0 heterocycles. The summed E-state index contributed by atoms with van der Waals surface area (Å²) in [5.74, 6) is 0.0530. The fraction of sp³-hybridized carbons (Fsp3) is 0.103. The van der Waals surface area contributed by atoms with Crippen LogP contribution in [0.4, 0.5) is 5.69 Å². The van der Waals surface area contributed by atoms with Crippen molar-refractivity contribution in [3.8, 4) is 11.8 Å². The number of amides is 1. The second-order valence-corrected chi connectivity index (χ2v) is 8.70. The van der Waals surface area contributed by atoms with Gasteiger partial charge in [0.1, 0.15) is 24.0 Å². The van der Waals surface area contributed by atoms with Gasteiger partial charge in [-0.3, -0.25) is 4.79 Å². The Morgan fingerprint density at radius 1 is 1.00 bits per heavy atom. The van der Waals surface area contributed by atoms with Gasteiger partial charge in [-0.1, -0.05) is 84.7 Å². The normalized spacial score (nSPS) is 11.2. The van der Waals surface area contributed by atoms with Crippen LogP contribution in [0.3, 0.4) is 0 Å². The van der Waals surface area contributed by atoms with E-state index in [4.69, 9.17) is 27.9 Å². The first-order valence-electron chi connectivity index (χ1n) is 11.1. The van der Waals surface area contributed by atoms with Crippen LogP contribution in [0.25, 0.3) is 16.8 Å². The van der Waals surface area contributed by atoms with Crippen molar-refractivity contribution in [3.05, 3.63) is 111 Å². The second kappa shape index (κ2) is 11.1. The van der Waals surface area contributed by atoms with Crippen LogP contribution >= 0.6 is 23.2 Å². The number of anilines is 1. The highest BCUT2D eigenvalue weighted by molar-refractivity contribution is 6.35. The molecule has 0 aliphatic carbocycles. The summed E-state index contributed by atoms with van der Waals surface area (Å²) in [5, 5.41) is 15.6. The maximum atomic E-state index is 13.0. The molecule has 1 N–H and O–H groups in total. The van der Waals surface area contributed by atoms with E-state index < -0.39 is 5.91 Å². The Morgan fingerprint density at radius 3 is 2.54 bits per heavy atom. The Balaban J connectivity index is 1.71. The molecule has 0 aromatic heterocycles. The number of carbonyl (C=O) groups is 1. The fourth-order valence-electron chi connectivity index (χ4n) is 3.78. The van der Waals surface area contributed by atoms with Gasteiger partial charge in [0.05, 0.1) is 0 Å². The number of aryl methyl sites for hydroxylation is 1. The first kappa shape index (κ1) is 24.3. The maximum absolute atomic E-state index is 13.0. The maximum Gasteiger partial charge on any atom is 0.266 e. The highest BCUT2D eigenvalue weighted by Gasteiger charge is 2.15. The summed E-state index contributed by atoms with van der Waals surface area (Å²) >= 11 is 12.3. The third kappa shape index (κ3) is 5.66. The van der Waals surface area contributed by atoms with Crippen LogP contribution in [-0.4, -0.2) is 5.91 Å². The molecular formula is C29H22Cl2N2O2. The molecule has 0 fully saturated rings. The second-order valence-electron chi connectivity index (χ2n) is 7.86. The van der Waals surface area contributed by atoms with Crippen LogP contribution in [0, 0.1) is 11.3 Å². The van der Waals surface area contributed by atoms with Crippen molar-refractivity contribution in [2.45, 2.75) is 20.0 Å². The molecule has 1 amide bonds. The number of fused-ring (bicyclic) bond motifs is 1. The predicted molar refractivity (Wildman–Crippen MR) is 143 cm³/mol. The van der Waals surface area contributed by atoms with E-state index in [-0.39, 0.29) is 12.2 Å². The van der Waals surface area contributed by atoms with Crippen LogP contribution in [0.15, 0.2) is 84.4 Å². The summed E-state index contributed by atoms with van der Waals surface area (Å²) in [6, 6.07) is 26.3. The van der Waals surface area contributed by atoms with Crippen molar-refractivity contribution >= 4 is 51.6 Å². The average Bonchev–Trinajstić information content (AvgIpc) is 2.87. The average molecular weight is 501 g/mol. The molecule has 0 unspecified atom stereocenters. The molecule has 4 rings (SSSR count). The minimum atomic E-state index is -0.479. The molecule has 4 aromatic carbocycles. The molecule has 0 saturated heterocycles. The first-order valence-corrected chi connectivity index (χ1v) is 11.8. The molecule has 0 atom stereocenters. The smallest absolute Gasteiger partial charge is 0.266 e. The standard InChI is InChI=1S/C29H22Cl2N2O2/c1-2-19-7-4-6-10-27(19)33-29(34)22(17-32)15-25-24-9-5-3-8-20(24)12-14-28(25)35-18-21-11-13-23(30)16-26(21)31/h3-16H,2,18H2,1H3,(H,33,34)/b22-15+. The lowest BCUT2D eigenvalue weighted by Gasteiger charge is -2.14. The van der Waals surface area contributed by atoms with E-state index in [1.165, 1.54) is 0 Å². The molecule has 0 bridgehead atoms. The van der Waals surface area contributed by atoms with Crippen LogP contribution < -0.4 is 10.1 Å². The van der Waals surface area contributed by atoms with Crippen molar-refractivity contribution in [3.63, 3.8) is 0 Å². The molecular weight excluding hydrogens is 479 g/mol. The van der Waals surface area contributed by atoms with Crippen molar-refractivity contribution in [2.24, 2.45) is 0 Å². The van der Waals surface area contributed by atoms with Gasteiger partial charge in [0.15, 0.2) is 0 Å². The van der Waals surface area contributed by atoms with E-state index in [1.807, 2.05) is 73.7 Å². The number of para-hydroxylation sites is 1. The van der Waals surface area contributed by atoms with Gasteiger partial charge in [-0.05, 0) is 53.1 Å². The summed E-state index contributed by atoms with van der Waals surface area (Å²) in [4.78, 5) is 13.0. The molecule has 0 spiro atoms. The Morgan fingerprint density at radius 2 is 1.77 bits per heavy atom. The molecule has 4 aromatic rings. The quantitative estimate of drug-likeness (QED) is 0.207. The number of ether oxygens (including phenoxy) is 1. The SMILES string of the molecule is CCc1ccccc1NC(=O)/C(C#N)=C/c1c(OCc2ccc(Cl)cc2Cl)ccc2ccccc12. The summed E-state index contributed by atoms with van der Waals surface area (Å²) in [5.41, 5.74) is 3.07. The lowest BCUT2D eigenvalue weighted by molar-refractivity contribution is -0.112. The van der Waals surface area contributed by atoms with Crippen molar-refractivity contribution in [1.29, 1.82) is 5.26 Å². The Kier molecular flexibility index (Phi) is 7.72. The molecule has 0 saturated carbocycles. The number of benzene rings is 4. The molecule has 0 aliphatic rings. The highest BCUT2D eigenvalue weighted by atomic mass is 35.5. The van der Waals surface area contributed by atoms with Crippen molar-refractivity contribution in [1.82, 2.24) is 0 Å². The fourth-order valence-corrected chi connectivity index (χ4v) is 4.24. The molecule has 174 valence electrons. The van der Waals surface area contributed by atoms with Gasteiger partial charge in [-0.25, -0.2) is 0 Å². The number of carbonyl (C=O) groups excluding carboxylic acids is 1. The number of nitriles is 1. The lowest BCUT2D eigenvalue weighted by atomic mass is 10.0. The number of halogens is 2. The Bertz CT molecular complexity index is 1470. The lowest BCUT2D eigenvalue weighted by Crippen LogP contribution is -2.14. The van der Waals surface area contributed by atoms with Gasteiger partial charge in [0.2, 0.25) is 0 Å². The van der Waals surface area contributed by atoms with E-state index in [0.29, 0.717) is 27.0 Å². The number of hydrogen-bond acceptors (Lipinski definition) is 3. The van der Waals surface area contributed by atoms with E-state index in [2.05, 4.69) is 5.32 Å². The van der Waals surface area contributed by atoms with Crippen LogP contribution in [0.1, 0.15) is 23.6 Å². The van der Waals surface area contributed by atoms with E-state index >= 15 is 0 Å². The van der Waals surface area contributed by atoms with Crippen LogP contribution in [-0.2, 0) is 17.8 Å². The number of rotatable bonds is 7. The van der Waals surface area contributed by atoms with Gasteiger partial charge in [0.25, 0.3) is 5.91 Å². The number of nitrogens with zero attached hydrogens (tertiary/aromatic N) is 1. The van der Waals surface area contributed by atoms with Gasteiger partial charge in [-0.15, -0.1) is 0 Å².